The molecule has 0 saturated carbocycles. The number of alkyl halides is 3. The summed E-state index contributed by atoms with van der Waals surface area (Å²) in [4.78, 5) is 10.8. The molecule has 8 heteroatoms. The van der Waals surface area contributed by atoms with Gasteiger partial charge in [-0.3, -0.25) is 9.97 Å². The van der Waals surface area contributed by atoms with Crippen molar-refractivity contribution in [2.24, 2.45) is 4.99 Å². The van der Waals surface area contributed by atoms with Crippen LogP contribution in [0, 0.1) is 0 Å². The van der Waals surface area contributed by atoms with E-state index in [-0.39, 0.29) is 16.3 Å². The minimum Gasteiger partial charge on any atom is -0.261 e. The lowest BCUT2D eigenvalue weighted by Gasteiger charge is -2.24. The molecule has 1 aromatic carbocycles. The van der Waals surface area contributed by atoms with Crippen LogP contribution in [-0.4, -0.2) is 21.1 Å². The quantitative estimate of drug-likeness (QED) is 0.780. The summed E-state index contributed by atoms with van der Waals surface area (Å²) in [5.74, 6) is 0. The van der Waals surface area contributed by atoms with E-state index in [0.29, 0.717) is 16.8 Å². The zero-order chi connectivity index (χ0) is 15.1. The van der Waals surface area contributed by atoms with Gasteiger partial charge in [0.2, 0.25) is 0 Å². The third-order valence-corrected chi connectivity index (χ3v) is 4.37. The number of halogens is 4. The van der Waals surface area contributed by atoms with Gasteiger partial charge in [0.1, 0.15) is 10.7 Å². The van der Waals surface area contributed by atoms with Gasteiger partial charge >= 0.3 is 6.05 Å². The largest absolute Gasteiger partial charge is 0.391 e. The molecule has 0 saturated heterocycles. The summed E-state index contributed by atoms with van der Waals surface area (Å²) in [6, 6.07) is 1.25. The maximum absolute atomic E-state index is 14.9. The number of thioether (sulfide) groups is 1. The van der Waals surface area contributed by atoms with Crippen LogP contribution in [0.4, 0.5) is 13.2 Å². The predicted molar refractivity (Wildman–Crippen MR) is 75.3 cm³/mol. The van der Waals surface area contributed by atoms with Gasteiger partial charge in [-0.15, -0.1) is 0 Å². The zero-order valence-electron chi connectivity index (χ0n) is 10.3. The Morgan fingerprint density at radius 3 is 2.38 bits per heavy atom. The Hall–Kier alpha value is -1.60. The van der Waals surface area contributed by atoms with Crippen molar-refractivity contribution in [3.05, 3.63) is 59.1 Å². The molecule has 108 valence electrons. The molecule has 1 atom stereocenters. The number of aromatic nitrogens is 2. The first-order valence-electron chi connectivity index (χ1n) is 5.80. The molecule has 0 aliphatic carbocycles. The first kappa shape index (κ1) is 14.3. The Bertz CT molecular complexity index is 694. The average molecular weight is 330 g/mol. The number of benzene rings is 1. The molecular weight excluding hydrogens is 323 g/mol. The first-order chi connectivity index (χ1) is 9.92. The Labute approximate surface area is 127 Å². The molecule has 2 aromatic rings. The molecule has 1 aliphatic heterocycles. The number of nitrogens with zero attached hydrogens (tertiary/aromatic N) is 3. The summed E-state index contributed by atoms with van der Waals surface area (Å²) in [5, 5.41) is -2.85. The smallest absolute Gasteiger partial charge is 0.261 e. The average Bonchev–Trinajstić information content (AvgIpc) is 2.72. The van der Waals surface area contributed by atoms with Crippen molar-refractivity contribution in [1.82, 2.24) is 9.97 Å². The van der Waals surface area contributed by atoms with Crippen molar-refractivity contribution in [1.29, 1.82) is 0 Å². The fourth-order valence-corrected chi connectivity index (χ4v) is 3.02. The Morgan fingerprint density at radius 2 is 1.76 bits per heavy atom. The molecule has 2 heterocycles. The maximum atomic E-state index is 14.9. The van der Waals surface area contributed by atoms with Gasteiger partial charge in [-0.2, -0.15) is 8.78 Å². The molecule has 3 nitrogen and oxygen atoms in total. The lowest BCUT2D eigenvalue weighted by atomic mass is 10.1. The molecule has 1 unspecified atom stereocenters. The lowest BCUT2D eigenvalue weighted by molar-refractivity contribution is -0.0815. The summed E-state index contributed by atoms with van der Waals surface area (Å²) < 4.78 is 43.0. The van der Waals surface area contributed by atoms with E-state index in [1.807, 2.05) is 0 Å². The van der Waals surface area contributed by atoms with Gasteiger partial charge in [-0.1, -0.05) is 35.5 Å². The minimum absolute atomic E-state index is 0.107. The van der Waals surface area contributed by atoms with E-state index in [1.165, 1.54) is 42.9 Å². The van der Waals surface area contributed by atoms with Crippen LogP contribution in [0.1, 0.15) is 11.3 Å². The first-order valence-corrected chi connectivity index (χ1v) is 7.00. The molecule has 1 aliphatic rings. The van der Waals surface area contributed by atoms with Crippen LogP contribution in [0.15, 0.2) is 47.8 Å². The van der Waals surface area contributed by atoms with Crippen LogP contribution in [-0.2, 0) is 5.00 Å². The SMILES string of the molecule is FC1(F)N=C(c2cnccn2)SC1(F)c1ccc(Cl)cc1. The van der Waals surface area contributed by atoms with Gasteiger partial charge in [0.15, 0.2) is 0 Å². The molecule has 1 aromatic heterocycles. The Balaban J connectivity index is 2.01. The van der Waals surface area contributed by atoms with Gasteiger partial charge in [0.25, 0.3) is 5.00 Å². The monoisotopic (exact) mass is 329 g/mol. The van der Waals surface area contributed by atoms with E-state index in [4.69, 9.17) is 11.6 Å². The molecule has 0 N–H and O–H groups in total. The van der Waals surface area contributed by atoms with E-state index in [1.54, 1.807) is 0 Å². The molecule has 0 radical (unpaired) electrons. The number of hydrogen-bond donors (Lipinski definition) is 0. The van der Waals surface area contributed by atoms with E-state index >= 15 is 0 Å². The standard InChI is InChI=1S/C13H7ClF3N3S/c14-9-3-1-8(2-4-9)12(15)13(16,17)20-11(21-12)10-7-18-5-6-19-10/h1-7H. The molecule has 0 bridgehead atoms. The predicted octanol–water partition coefficient (Wildman–Crippen LogP) is 4.04. The topological polar surface area (TPSA) is 38.1 Å². The maximum Gasteiger partial charge on any atom is 0.391 e. The highest BCUT2D eigenvalue weighted by Gasteiger charge is 2.62. The van der Waals surface area contributed by atoms with E-state index < -0.39 is 11.0 Å². The molecule has 21 heavy (non-hydrogen) atoms. The molecule has 0 amide bonds. The van der Waals surface area contributed by atoms with Crippen molar-refractivity contribution >= 4 is 28.4 Å². The minimum atomic E-state index is -3.90. The fourth-order valence-electron chi connectivity index (χ4n) is 1.83. The second kappa shape index (κ2) is 4.99. The summed E-state index contributed by atoms with van der Waals surface area (Å²) in [5.41, 5.74) is -0.0970. The summed E-state index contributed by atoms with van der Waals surface area (Å²) in [7, 11) is 0. The number of rotatable bonds is 2. The van der Waals surface area contributed by atoms with Gasteiger partial charge < -0.3 is 0 Å². The highest BCUT2D eigenvalue weighted by atomic mass is 35.5. The van der Waals surface area contributed by atoms with Crippen LogP contribution in [0.2, 0.25) is 5.02 Å². The second-order valence-corrected chi connectivity index (χ2v) is 5.84. The molecule has 0 spiro atoms. The van der Waals surface area contributed by atoms with Crippen LogP contribution >= 0.6 is 23.4 Å². The van der Waals surface area contributed by atoms with Gasteiger partial charge in [-0.25, -0.2) is 9.38 Å². The van der Waals surface area contributed by atoms with Crippen molar-refractivity contribution in [3.8, 4) is 0 Å². The Kier molecular flexibility index (Phi) is 3.41. The van der Waals surface area contributed by atoms with E-state index in [0.717, 1.165) is 0 Å². The Morgan fingerprint density at radius 1 is 1.05 bits per heavy atom. The van der Waals surface area contributed by atoms with Crippen molar-refractivity contribution in [3.63, 3.8) is 0 Å². The third kappa shape index (κ3) is 2.40. The number of hydrogen-bond acceptors (Lipinski definition) is 4. The van der Waals surface area contributed by atoms with Gasteiger partial charge in [-0.05, 0) is 12.1 Å². The highest BCUT2D eigenvalue weighted by Crippen LogP contribution is 2.56. The third-order valence-electron chi connectivity index (χ3n) is 2.86. The number of aliphatic imine (C=N–C) groups is 1. The van der Waals surface area contributed by atoms with Crippen molar-refractivity contribution < 1.29 is 13.2 Å². The van der Waals surface area contributed by atoms with Crippen molar-refractivity contribution in [2.45, 2.75) is 11.0 Å². The molecule has 0 fully saturated rings. The van der Waals surface area contributed by atoms with E-state index in [2.05, 4.69) is 15.0 Å². The van der Waals surface area contributed by atoms with Crippen LogP contribution in [0.5, 0.6) is 0 Å². The summed E-state index contributed by atoms with van der Waals surface area (Å²) in [6.45, 7) is 0. The van der Waals surface area contributed by atoms with E-state index in [9.17, 15) is 13.2 Å². The fraction of sp³-hybridized carbons (Fsp3) is 0.154. The van der Waals surface area contributed by atoms with Crippen LogP contribution in [0.25, 0.3) is 0 Å². The highest BCUT2D eigenvalue weighted by molar-refractivity contribution is 8.15. The van der Waals surface area contributed by atoms with Gasteiger partial charge in [0, 0.05) is 23.0 Å². The van der Waals surface area contributed by atoms with Crippen LogP contribution in [0.3, 0.4) is 0 Å². The van der Waals surface area contributed by atoms with Gasteiger partial charge in [0.05, 0.1) is 6.20 Å². The molecular formula is C13H7ClF3N3S. The zero-order valence-corrected chi connectivity index (χ0v) is 11.9. The molecule has 3 rings (SSSR count). The van der Waals surface area contributed by atoms with Crippen molar-refractivity contribution in [2.75, 3.05) is 0 Å². The van der Waals surface area contributed by atoms with Crippen LogP contribution < -0.4 is 0 Å². The second-order valence-electron chi connectivity index (χ2n) is 4.25. The normalized spacial score (nSPS) is 23.9. The lowest BCUT2D eigenvalue weighted by Crippen LogP contribution is -2.33. The summed E-state index contributed by atoms with van der Waals surface area (Å²) in [6.07, 6.45) is 3.98. The summed E-state index contributed by atoms with van der Waals surface area (Å²) >= 11 is 6.02.